The van der Waals surface area contributed by atoms with Crippen LogP contribution in [0.1, 0.15) is 50.6 Å². The second-order valence-electron chi connectivity index (χ2n) is 8.14. The van der Waals surface area contributed by atoms with E-state index in [2.05, 4.69) is 60.4 Å². The van der Waals surface area contributed by atoms with Crippen LogP contribution < -0.4 is 15.4 Å². The molecule has 0 saturated heterocycles. The molecule has 154 valence electrons. The van der Waals surface area contributed by atoms with Crippen LogP contribution in [0, 0.1) is 19.8 Å². The van der Waals surface area contributed by atoms with Gasteiger partial charge in [0, 0.05) is 19.0 Å². The Hall–Kier alpha value is -2.50. The molecule has 0 aliphatic heterocycles. The van der Waals surface area contributed by atoms with Crippen LogP contribution in [0.5, 0.6) is 5.75 Å². The van der Waals surface area contributed by atoms with E-state index in [4.69, 9.17) is 9.15 Å². The van der Waals surface area contributed by atoms with Gasteiger partial charge in [-0.15, -0.1) is 0 Å². The Balaban J connectivity index is 1.89. The van der Waals surface area contributed by atoms with Crippen LogP contribution in [0.15, 0.2) is 33.7 Å². The van der Waals surface area contributed by atoms with Gasteiger partial charge in [0.05, 0.1) is 18.8 Å². The second-order valence-corrected chi connectivity index (χ2v) is 8.14. The van der Waals surface area contributed by atoms with E-state index in [-0.39, 0.29) is 5.41 Å². The van der Waals surface area contributed by atoms with E-state index in [1.807, 2.05) is 26.0 Å². The lowest BCUT2D eigenvalue weighted by atomic mass is 9.84. The van der Waals surface area contributed by atoms with Gasteiger partial charge < -0.3 is 19.8 Å². The van der Waals surface area contributed by atoms with Crippen molar-refractivity contribution in [1.82, 2.24) is 15.6 Å². The zero-order valence-electron chi connectivity index (χ0n) is 18.2. The molecule has 0 fully saturated rings. The number of ether oxygens (including phenoxy) is 1. The van der Waals surface area contributed by atoms with E-state index in [0.29, 0.717) is 18.4 Å². The number of nitrogens with one attached hydrogen (secondary N) is 2. The van der Waals surface area contributed by atoms with Crippen LogP contribution in [0.2, 0.25) is 0 Å². The normalized spacial score (nSPS) is 12.4. The maximum Gasteiger partial charge on any atom is 0.214 e. The average Bonchev–Trinajstić information content (AvgIpc) is 2.98. The van der Waals surface area contributed by atoms with Gasteiger partial charge in [-0.3, -0.25) is 4.99 Å². The van der Waals surface area contributed by atoms with E-state index in [9.17, 15) is 0 Å². The van der Waals surface area contributed by atoms with Gasteiger partial charge in [-0.05, 0) is 37.5 Å². The highest BCUT2D eigenvalue weighted by Gasteiger charge is 2.21. The maximum atomic E-state index is 5.78. The highest BCUT2D eigenvalue weighted by molar-refractivity contribution is 5.79. The molecule has 0 amide bonds. The van der Waals surface area contributed by atoms with Crippen molar-refractivity contribution in [1.29, 1.82) is 0 Å². The van der Waals surface area contributed by atoms with Gasteiger partial charge in [0.15, 0.2) is 5.96 Å². The molecule has 1 heterocycles. The van der Waals surface area contributed by atoms with Gasteiger partial charge >= 0.3 is 0 Å². The SMILES string of the molecule is CN=C(NCc1nc(C)c(C)o1)NCC(C)(C)c1ccc(OCC(C)C)cc1. The third-order valence-electron chi connectivity index (χ3n) is 4.62. The molecule has 6 heteroatoms. The Morgan fingerprint density at radius 3 is 2.39 bits per heavy atom. The lowest BCUT2D eigenvalue weighted by Gasteiger charge is -2.27. The number of hydrogen-bond acceptors (Lipinski definition) is 4. The smallest absolute Gasteiger partial charge is 0.214 e. The topological polar surface area (TPSA) is 71.7 Å². The second kappa shape index (κ2) is 9.62. The van der Waals surface area contributed by atoms with Crippen LogP contribution >= 0.6 is 0 Å². The van der Waals surface area contributed by atoms with Crippen molar-refractivity contribution >= 4 is 5.96 Å². The van der Waals surface area contributed by atoms with Crippen molar-refractivity contribution in [2.45, 2.75) is 53.5 Å². The summed E-state index contributed by atoms with van der Waals surface area (Å²) in [6, 6.07) is 8.34. The quantitative estimate of drug-likeness (QED) is 0.531. The first-order valence-electron chi connectivity index (χ1n) is 9.82. The van der Waals surface area contributed by atoms with Gasteiger partial charge in [-0.1, -0.05) is 39.8 Å². The summed E-state index contributed by atoms with van der Waals surface area (Å²) in [6.07, 6.45) is 0. The Bertz CT molecular complexity index is 757. The molecule has 0 aliphatic rings. The van der Waals surface area contributed by atoms with Gasteiger partial charge in [0.2, 0.25) is 5.89 Å². The number of aryl methyl sites for hydroxylation is 2. The molecule has 2 N–H and O–H groups in total. The summed E-state index contributed by atoms with van der Waals surface area (Å²) < 4.78 is 11.4. The van der Waals surface area contributed by atoms with Crippen molar-refractivity contribution in [3.8, 4) is 5.75 Å². The van der Waals surface area contributed by atoms with Gasteiger partial charge in [-0.2, -0.15) is 0 Å². The maximum absolute atomic E-state index is 5.78. The molecule has 0 atom stereocenters. The molecule has 0 bridgehead atoms. The number of oxazole rings is 1. The number of benzene rings is 1. The molecule has 0 spiro atoms. The summed E-state index contributed by atoms with van der Waals surface area (Å²) in [4.78, 5) is 8.67. The first-order valence-corrected chi connectivity index (χ1v) is 9.82. The number of rotatable bonds is 8. The first kappa shape index (κ1) is 21.8. The third-order valence-corrected chi connectivity index (χ3v) is 4.62. The minimum atomic E-state index is -0.0652. The van der Waals surface area contributed by atoms with Crippen LogP contribution in [0.25, 0.3) is 0 Å². The Kier molecular flexibility index (Phi) is 7.49. The first-order chi connectivity index (χ1) is 13.2. The molecule has 0 radical (unpaired) electrons. The predicted octanol–water partition coefficient (Wildman–Crippen LogP) is 3.97. The molecule has 0 aliphatic carbocycles. The minimum absolute atomic E-state index is 0.0652. The zero-order valence-corrected chi connectivity index (χ0v) is 18.2. The fourth-order valence-corrected chi connectivity index (χ4v) is 2.67. The molecule has 0 saturated carbocycles. The molecule has 2 rings (SSSR count). The Morgan fingerprint density at radius 1 is 1.18 bits per heavy atom. The molecule has 28 heavy (non-hydrogen) atoms. The molecule has 2 aromatic rings. The molecule has 1 aromatic carbocycles. The van der Waals surface area contributed by atoms with Gasteiger partial charge in [0.1, 0.15) is 11.5 Å². The fraction of sp³-hybridized carbons (Fsp3) is 0.545. The summed E-state index contributed by atoms with van der Waals surface area (Å²) in [5, 5.41) is 6.64. The molecule has 6 nitrogen and oxygen atoms in total. The fourth-order valence-electron chi connectivity index (χ4n) is 2.67. The van der Waals surface area contributed by atoms with Crippen LogP contribution in [0.3, 0.4) is 0 Å². The van der Waals surface area contributed by atoms with Crippen molar-refractivity contribution in [3.05, 3.63) is 47.2 Å². The highest BCUT2D eigenvalue weighted by Crippen LogP contribution is 2.24. The van der Waals surface area contributed by atoms with Gasteiger partial charge in [-0.25, -0.2) is 4.98 Å². The summed E-state index contributed by atoms with van der Waals surface area (Å²) in [5.41, 5.74) is 2.10. The van der Waals surface area contributed by atoms with E-state index in [1.54, 1.807) is 7.05 Å². The van der Waals surface area contributed by atoms with Crippen molar-refractivity contribution in [2.75, 3.05) is 20.2 Å². The number of aromatic nitrogens is 1. The van der Waals surface area contributed by atoms with E-state index in [0.717, 1.165) is 36.3 Å². The average molecular weight is 387 g/mol. The number of aliphatic imine (C=N–C) groups is 1. The number of hydrogen-bond donors (Lipinski definition) is 2. The lowest BCUT2D eigenvalue weighted by Crippen LogP contribution is -2.43. The molecule has 1 aromatic heterocycles. The summed E-state index contributed by atoms with van der Waals surface area (Å²) in [5.74, 6) is 3.66. The highest BCUT2D eigenvalue weighted by atomic mass is 16.5. The molecular formula is C22H34N4O2. The van der Waals surface area contributed by atoms with Crippen LogP contribution in [-0.2, 0) is 12.0 Å². The zero-order chi connectivity index (χ0) is 20.7. The Labute approximate surface area is 168 Å². The van der Waals surface area contributed by atoms with Crippen molar-refractivity contribution in [2.24, 2.45) is 10.9 Å². The van der Waals surface area contributed by atoms with Crippen molar-refractivity contribution < 1.29 is 9.15 Å². The third kappa shape index (κ3) is 6.29. The van der Waals surface area contributed by atoms with Gasteiger partial charge in [0.25, 0.3) is 0 Å². The van der Waals surface area contributed by atoms with Crippen LogP contribution in [-0.4, -0.2) is 31.1 Å². The lowest BCUT2D eigenvalue weighted by molar-refractivity contribution is 0.271. The number of nitrogens with zero attached hydrogens (tertiary/aromatic N) is 2. The Morgan fingerprint density at radius 2 is 1.86 bits per heavy atom. The molecule has 0 unspecified atom stereocenters. The number of guanidine groups is 1. The summed E-state index contributed by atoms with van der Waals surface area (Å²) in [6.45, 7) is 14.5. The molecular weight excluding hydrogens is 352 g/mol. The summed E-state index contributed by atoms with van der Waals surface area (Å²) >= 11 is 0. The predicted molar refractivity (Wildman–Crippen MR) is 114 cm³/mol. The minimum Gasteiger partial charge on any atom is -0.493 e. The van der Waals surface area contributed by atoms with Crippen LogP contribution in [0.4, 0.5) is 0 Å². The van der Waals surface area contributed by atoms with E-state index < -0.39 is 0 Å². The monoisotopic (exact) mass is 386 g/mol. The van der Waals surface area contributed by atoms with Crippen molar-refractivity contribution in [3.63, 3.8) is 0 Å². The largest absolute Gasteiger partial charge is 0.493 e. The van der Waals surface area contributed by atoms with E-state index in [1.165, 1.54) is 5.56 Å². The van der Waals surface area contributed by atoms with E-state index >= 15 is 0 Å². The standard InChI is InChI=1S/C22H34N4O2/c1-15(2)13-27-19-10-8-18(9-11-19)22(5,6)14-25-21(23-7)24-12-20-26-16(3)17(4)28-20/h8-11,15H,12-14H2,1-7H3,(H2,23,24,25). The summed E-state index contributed by atoms with van der Waals surface area (Å²) in [7, 11) is 1.76.